The molecule has 1 heterocycles. The molecule has 2 aromatic rings. The maximum atomic E-state index is 12.3. The quantitative estimate of drug-likeness (QED) is 0.885. The molecule has 7 heteroatoms. The molecule has 0 aliphatic rings. The molecule has 0 spiro atoms. The van der Waals surface area contributed by atoms with Crippen molar-refractivity contribution in [1.29, 1.82) is 0 Å². The van der Waals surface area contributed by atoms with Crippen LogP contribution in [-0.4, -0.2) is 15.5 Å². The van der Waals surface area contributed by atoms with Gasteiger partial charge in [0.1, 0.15) is 4.21 Å². The van der Waals surface area contributed by atoms with Crippen molar-refractivity contribution < 1.29 is 8.42 Å². The van der Waals surface area contributed by atoms with E-state index in [4.69, 9.17) is 11.6 Å². The average Bonchev–Trinajstić information content (AvgIpc) is 2.85. The summed E-state index contributed by atoms with van der Waals surface area (Å²) in [7, 11) is -1.75. The topological polar surface area (TPSA) is 58.2 Å². The van der Waals surface area contributed by atoms with Crippen LogP contribution in [0.25, 0.3) is 0 Å². The molecule has 2 N–H and O–H groups in total. The molecule has 0 atom stereocenters. The fourth-order valence-corrected chi connectivity index (χ4v) is 4.35. The fraction of sp³-hybridized carbons (Fsp3) is 0.231. The van der Waals surface area contributed by atoms with Gasteiger partial charge in [0.05, 0.1) is 5.69 Å². The number of rotatable bonds is 5. The summed E-state index contributed by atoms with van der Waals surface area (Å²) in [6.07, 6.45) is 0. The van der Waals surface area contributed by atoms with Gasteiger partial charge >= 0.3 is 0 Å². The van der Waals surface area contributed by atoms with E-state index in [9.17, 15) is 8.42 Å². The Morgan fingerprint density at radius 2 is 2.00 bits per heavy atom. The van der Waals surface area contributed by atoms with Crippen LogP contribution in [-0.2, 0) is 16.6 Å². The predicted octanol–water partition coefficient (Wildman–Crippen LogP) is 3.23. The highest BCUT2D eigenvalue weighted by atomic mass is 35.5. The first-order chi connectivity index (χ1) is 9.44. The highest BCUT2D eigenvalue weighted by Crippen LogP contribution is 2.28. The Morgan fingerprint density at radius 1 is 1.25 bits per heavy atom. The van der Waals surface area contributed by atoms with Crippen LogP contribution in [0.1, 0.15) is 10.4 Å². The minimum atomic E-state index is -3.57. The lowest BCUT2D eigenvalue weighted by Gasteiger charge is -2.10. The Hall–Kier alpha value is -1.08. The zero-order chi connectivity index (χ0) is 14.8. The van der Waals surface area contributed by atoms with Gasteiger partial charge in [0.15, 0.2) is 0 Å². The van der Waals surface area contributed by atoms with Crippen molar-refractivity contribution in [3.05, 3.63) is 45.8 Å². The van der Waals surface area contributed by atoms with E-state index in [1.165, 1.54) is 11.3 Å². The molecule has 4 nitrogen and oxygen atoms in total. The molecule has 0 amide bonds. The van der Waals surface area contributed by atoms with Gasteiger partial charge in [-0.25, -0.2) is 8.42 Å². The zero-order valence-corrected chi connectivity index (χ0v) is 13.5. The summed E-state index contributed by atoms with van der Waals surface area (Å²) in [5.74, 6) is 0. The highest BCUT2D eigenvalue weighted by molar-refractivity contribution is 7.94. The summed E-state index contributed by atoms with van der Waals surface area (Å²) in [5, 5.41) is 3.53. The van der Waals surface area contributed by atoms with Gasteiger partial charge in [-0.1, -0.05) is 17.7 Å². The van der Waals surface area contributed by atoms with E-state index < -0.39 is 10.0 Å². The average molecular weight is 331 g/mol. The second-order valence-electron chi connectivity index (χ2n) is 4.27. The van der Waals surface area contributed by atoms with E-state index in [1.54, 1.807) is 37.3 Å². The van der Waals surface area contributed by atoms with Crippen molar-refractivity contribution >= 4 is 38.6 Å². The second kappa shape index (κ2) is 6.13. The SMILES string of the molecule is CNCc1ccc(S(=O)(=O)Nc2cccc(Cl)c2C)s1. The molecular formula is C13H15ClN2O2S2. The normalized spacial score (nSPS) is 11.6. The summed E-state index contributed by atoms with van der Waals surface area (Å²) in [6, 6.07) is 8.56. The first-order valence-electron chi connectivity index (χ1n) is 5.95. The van der Waals surface area contributed by atoms with Crippen molar-refractivity contribution in [3.8, 4) is 0 Å². The summed E-state index contributed by atoms with van der Waals surface area (Å²) in [5.41, 5.74) is 1.21. The minimum Gasteiger partial charge on any atom is -0.315 e. The van der Waals surface area contributed by atoms with Gasteiger partial charge in [-0.3, -0.25) is 4.72 Å². The molecule has 0 aliphatic carbocycles. The molecule has 108 valence electrons. The maximum absolute atomic E-state index is 12.3. The van der Waals surface area contributed by atoms with Gasteiger partial charge in [0, 0.05) is 16.4 Å². The van der Waals surface area contributed by atoms with Crippen molar-refractivity contribution in [1.82, 2.24) is 5.32 Å². The van der Waals surface area contributed by atoms with E-state index in [0.717, 1.165) is 4.88 Å². The van der Waals surface area contributed by atoms with Crippen molar-refractivity contribution in [2.45, 2.75) is 17.7 Å². The standard InChI is InChI=1S/C13H15ClN2O2S2/c1-9-11(14)4-3-5-12(9)16-20(17,18)13-7-6-10(19-13)8-15-2/h3-7,15-16H,8H2,1-2H3. The number of nitrogens with one attached hydrogen (secondary N) is 2. The summed E-state index contributed by atoms with van der Waals surface area (Å²) < 4.78 is 27.5. The molecule has 0 radical (unpaired) electrons. The van der Waals surface area contributed by atoms with Crippen LogP contribution in [0.2, 0.25) is 5.02 Å². The minimum absolute atomic E-state index is 0.294. The Bertz CT molecular complexity index is 711. The van der Waals surface area contributed by atoms with Crippen molar-refractivity contribution in [2.75, 3.05) is 11.8 Å². The molecule has 1 aromatic carbocycles. The van der Waals surface area contributed by atoms with Crippen LogP contribution in [0, 0.1) is 6.92 Å². The van der Waals surface area contributed by atoms with Gasteiger partial charge in [-0.2, -0.15) is 0 Å². The van der Waals surface area contributed by atoms with Gasteiger partial charge in [-0.15, -0.1) is 11.3 Å². The van der Waals surface area contributed by atoms with Crippen molar-refractivity contribution in [3.63, 3.8) is 0 Å². The molecular weight excluding hydrogens is 316 g/mol. The smallest absolute Gasteiger partial charge is 0.271 e. The van der Waals surface area contributed by atoms with E-state index >= 15 is 0 Å². The predicted molar refractivity (Wildman–Crippen MR) is 84.1 cm³/mol. The summed E-state index contributed by atoms with van der Waals surface area (Å²) in [6.45, 7) is 2.43. The van der Waals surface area contributed by atoms with Gasteiger partial charge in [-0.05, 0) is 43.8 Å². The molecule has 20 heavy (non-hydrogen) atoms. The van der Waals surface area contributed by atoms with Crippen molar-refractivity contribution in [2.24, 2.45) is 0 Å². The Balaban J connectivity index is 2.28. The van der Waals surface area contributed by atoms with Crippen LogP contribution < -0.4 is 10.0 Å². The molecule has 0 saturated heterocycles. The van der Waals surface area contributed by atoms with Crippen LogP contribution in [0.15, 0.2) is 34.5 Å². The van der Waals surface area contributed by atoms with Gasteiger partial charge in [0.2, 0.25) is 0 Å². The number of benzene rings is 1. The third-order valence-corrected chi connectivity index (χ3v) is 6.12. The number of sulfonamides is 1. The highest BCUT2D eigenvalue weighted by Gasteiger charge is 2.18. The molecule has 1 aromatic heterocycles. The summed E-state index contributed by atoms with van der Waals surface area (Å²) >= 11 is 7.24. The number of halogens is 1. The molecule has 0 unspecified atom stereocenters. The molecule has 0 fully saturated rings. The van der Waals surface area contributed by atoms with E-state index in [1.807, 2.05) is 7.05 Å². The largest absolute Gasteiger partial charge is 0.315 e. The number of hydrogen-bond donors (Lipinski definition) is 2. The van der Waals surface area contributed by atoms with Crippen LogP contribution >= 0.6 is 22.9 Å². The van der Waals surface area contributed by atoms with E-state index in [-0.39, 0.29) is 0 Å². The van der Waals surface area contributed by atoms with Gasteiger partial charge < -0.3 is 5.32 Å². The van der Waals surface area contributed by atoms with E-state index in [0.29, 0.717) is 27.0 Å². The lowest BCUT2D eigenvalue weighted by Crippen LogP contribution is -2.12. The molecule has 2 rings (SSSR count). The third-order valence-electron chi connectivity index (χ3n) is 2.76. The summed E-state index contributed by atoms with van der Waals surface area (Å²) in [4.78, 5) is 0.968. The lowest BCUT2D eigenvalue weighted by molar-refractivity contribution is 0.603. The number of thiophene rings is 1. The molecule has 0 bridgehead atoms. The fourth-order valence-electron chi connectivity index (χ4n) is 1.68. The first-order valence-corrected chi connectivity index (χ1v) is 8.63. The maximum Gasteiger partial charge on any atom is 0.271 e. The first kappa shape index (κ1) is 15.3. The monoisotopic (exact) mass is 330 g/mol. The van der Waals surface area contributed by atoms with Crippen LogP contribution in [0.5, 0.6) is 0 Å². The molecule has 0 aliphatic heterocycles. The Morgan fingerprint density at radius 3 is 2.70 bits per heavy atom. The van der Waals surface area contributed by atoms with E-state index in [2.05, 4.69) is 10.0 Å². The Kier molecular flexibility index (Phi) is 4.70. The number of hydrogen-bond acceptors (Lipinski definition) is 4. The third kappa shape index (κ3) is 3.32. The molecule has 0 saturated carbocycles. The Labute approximate surface area is 127 Å². The second-order valence-corrected chi connectivity index (χ2v) is 7.75. The lowest BCUT2D eigenvalue weighted by atomic mass is 10.2. The van der Waals surface area contributed by atoms with Crippen LogP contribution in [0.3, 0.4) is 0 Å². The van der Waals surface area contributed by atoms with Crippen LogP contribution in [0.4, 0.5) is 5.69 Å². The zero-order valence-electron chi connectivity index (χ0n) is 11.1. The van der Waals surface area contributed by atoms with Gasteiger partial charge in [0.25, 0.3) is 10.0 Å². The number of anilines is 1.